The van der Waals surface area contributed by atoms with Crippen molar-refractivity contribution in [3.05, 3.63) is 18.1 Å². The van der Waals surface area contributed by atoms with Crippen LogP contribution in [-0.2, 0) is 0 Å². The molecule has 0 spiro atoms. The molecule has 84 valence electrons. The second-order valence-electron chi connectivity index (χ2n) is 4.20. The van der Waals surface area contributed by atoms with Gasteiger partial charge in [0.1, 0.15) is 11.9 Å². The van der Waals surface area contributed by atoms with Crippen molar-refractivity contribution in [2.45, 2.75) is 6.42 Å². The molecule has 0 aliphatic carbocycles. The zero-order valence-corrected chi connectivity index (χ0v) is 9.35. The summed E-state index contributed by atoms with van der Waals surface area (Å²) in [6.07, 6.45) is 4.33. The Morgan fingerprint density at radius 1 is 1.56 bits per heavy atom. The molecule has 16 heavy (non-hydrogen) atoms. The molecule has 1 aromatic heterocycles. The van der Waals surface area contributed by atoms with E-state index in [9.17, 15) is 0 Å². The summed E-state index contributed by atoms with van der Waals surface area (Å²) in [6.45, 7) is 3.23. The summed E-state index contributed by atoms with van der Waals surface area (Å²) in [7, 11) is 2.14. The van der Waals surface area contributed by atoms with E-state index < -0.39 is 0 Å². The van der Waals surface area contributed by atoms with Crippen molar-refractivity contribution in [2.75, 3.05) is 32.0 Å². The number of anilines is 1. The number of hydrogen-bond donors (Lipinski definition) is 1. The lowest BCUT2D eigenvalue weighted by atomic mass is 10.1. The van der Waals surface area contributed by atoms with Crippen molar-refractivity contribution in [3.8, 4) is 6.07 Å². The molecule has 1 atom stereocenters. The molecule has 0 saturated carbocycles. The van der Waals surface area contributed by atoms with Crippen molar-refractivity contribution in [1.82, 2.24) is 14.9 Å². The molecular weight excluding hydrogens is 202 g/mol. The van der Waals surface area contributed by atoms with E-state index >= 15 is 0 Å². The highest BCUT2D eigenvalue weighted by Gasteiger charge is 2.18. The highest BCUT2D eigenvalue weighted by atomic mass is 15.1. The zero-order chi connectivity index (χ0) is 11.4. The molecule has 1 aromatic rings. The van der Waals surface area contributed by atoms with Crippen LogP contribution in [0.25, 0.3) is 0 Å². The molecule has 1 N–H and O–H groups in total. The molecule has 2 rings (SSSR count). The molecule has 1 saturated heterocycles. The second-order valence-corrected chi connectivity index (χ2v) is 4.20. The van der Waals surface area contributed by atoms with E-state index in [2.05, 4.69) is 27.2 Å². The van der Waals surface area contributed by atoms with Crippen LogP contribution < -0.4 is 5.32 Å². The van der Waals surface area contributed by atoms with Crippen LogP contribution in [0.4, 0.5) is 5.82 Å². The van der Waals surface area contributed by atoms with Gasteiger partial charge in [-0.3, -0.25) is 0 Å². The van der Waals surface area contributed by atoms with Gasteiger partial charge in [0, 0.05) is 13.1 Å². The van der Waals surface area contributed by atoms with E-state index in [-0.39, 0.29) is 0 Å². The van der Waals surface area contributed by atoms with Crippen molar-refractivity contribution in [3.63, 3.8) is 0 Å². The maximum atomic E-state index is 8.58. The third-order valence-electron chi connectivity index (χ3n) is 2.83. The molecule has 2 heterocycles. The Labute approximate surface area is 95.1 Å². The van der Waals surface area contributed by atoms with Gasteiger partial charge >= 0.3 is 0 Å². The van der Waals surface area contributed by atoms with E-state index in [0.29, 0.717) is 11.6 Å². The van der Waals surface area contributed by atoms with E-state index in [1.165, 1.54) is 19.2 Å². The third kappa shape index (κ3) is 2.67. The highest BCUT2D eigenvalue weighted by molar-refractivity contribution is 5.33. The molecular formula is C11H15N5. The third-order valence-corrected chi connectivity index (χ3v) is 2.83. The maximum Gasteiger partial charge on any atom is 0.158 e. The molecule has 1 aliphatic heterocycles. The summed E-state index contributed by atoms with van der Waals surface area (Å²) in [5, 5.41) is 11.8. The summed E-state index contributed by atoms with van der Waals surface area (Å²) in [5.74, 6) is 1.43. The molecule has 0 bridgehead atoms. The monoisotopic (exact) mass is 217 g/mol. The van der Waals surface area contributed by atoms with Crippen molar-refractivity contribution >= 4 is 5.82 Å². The number of nitrogens with one attached hydrogen (secondary N) is 1. The number of likely N-dealkylation sites (tertiary alicyclic amines) is 1. The van der Waals surface area contributed by atoms with Crippen LogP contribution in [0.15, 0.2) is 12.4 Å². The van der Waals surface area contributed by atoms with Crippen LogP contribution in [0.5, 0.6) is 0 Å². The van der Waals surface area contributed by atoms with Gasteiger partial charge < -0.3 is 10.2 Å². The minimum atomic E-state index is 0.353. The molecule has 0 radical (unpaired) electrons. The molecule has 1 aliphatic rings. The summed E-state index contributed by atoms with van der Waals surface area (Å²) in [5.41, 5.74) is 0.353. The van der Waals surface area contributed by atoms with E-state index in [1.54, 1.807) is 6.20 Å². The highest BCUT2D eigenvalue weighted by Crippen LogP contribution is 2.14. The van der Waals surface area contributed by atoms with Crippen molar-refractivity contribution in [1.29, 1.82) is 5.26 Å². The number of aromatic nitrogens is 2. The van der Waals surface area contributed by atoms with E-state index in [4.69, 9.17) is 5.26 Å². The van der Waals surface area contributed by atoms with Gasteiger partial charge in [-0.05, 0) is 25.9 Å². The lowest BCUT2D eigenvalue weighted by molar-refractivity contribution is 0.399. The molecule has 1 fully saturated rings. The van der Waals surface area contributed by atoms with Crippen molar-refractivity contribution < 1.29 is 0 Å². The molecule has 1 unspecified atom stereocenters. The Morgan fingerprint density at radius 2 is 2.44 bits per heavy atom. The fourth-order valence-electron chi connectivity index (χ4n) is 1.92. The Hall–Kier alpha value is -1.67. The Bertz CT molecular complexity index is 380. The normalized spacial score (nSPS) is 20.6. The van der Waals surface area contributed by atoms with Gasteiger partial charge in [-0.1, -0.05) is 0 Å². The molecule has 5 nitrogen and oxygen atoms in total. The van der Waals surface area contributed by atoms with Gasteiger partial charge in [-0.25, -0.2) is 9.97 Å². The Balaban J connectivity index is 1.83. The Kier molecular flexibility index (Phi) is 3.32. The SMILES string of the molecule is CN1CCC(CNc2cnc(C#N)cn2)C1. The lowest BCUT2D eigenvalue weighted by Crippen LogP contribution is -2.19. The van der Waals surface area contributed by atoms with Crippen LogP contribution in [0, 0.1) is 17.2 Å². The molecule has 0 aromatic carbocycles. The van der Waals surface area contributed by atoms with Gasteiger partial charge in [0.25, 0.3) is 0 Å². The quantitative estimate of drug-likeness (QED) is 0.807. The molecule has 0 amide bonds. The largest absolute Gasteiger partial charge is 0.368 e. The average molecular weight is 217 g/mol. The fraction of sp³-hybridized carbons (Fsp3) is 0.545. The minimum absolute atomic E-state index is 0.353. The second kappa shape index (κ2) is 4.90. The van der Waals surface area contributed by atoms with Gasteiger partial charge in [-0.2, -0.15) is 5.26 Å². The van der Waals surface area contributed by atoms with E-state index in [0.717, 1.165) is 18.9 Å². The van der Waals surface area contributed by atoms with Crippen LogP contribution >= 0.6 is 0 Å². The summed E-state index contributed by atoms with van der Waals surface area (Å²) in [4.78, 5) is 10.4. The van der Waals surface area contributed by atoms with Crippen LogP contribution in [-0.4, -0.2) is 41.5 Å². The topological polar surface area (TPSA) is 64.8 Å². The average Bonchev–Trinajstić information content (AvgIpc) is 2.73. The number of rotatable bonds is 3. The fourth-order valence-corrected chi connectivity index (χ4v) is 1.92. The van der Waals surface area contributed by atoms with Gasteiger partial charge in [-0.15, -0.1) is 0 Å². The predicted octanol–water partition coefficient (Wildman–Crippen LogP) is 0.712. The number of hydrogen-bond acceptors (Lipinski definition) is 5. The Morgan fingerprint density at radius 3 is 3.00 bits per heavy atom. The maximum absolute atomic E-state index is 8.58. The zero-order valence-electron chi connectivity index (χ0n) is 9.35. The number of nitriles is 1. The summed E-state index contributed by atoms with van der Waals surface area (Å²) in [6, 6.07) is 1.95. The van der Waals surface area contributed by atoms with E-state index in [1.807, 2.05) is 6.07 Å². The van der Waals surface area contributed by atoms with Crippen LogP contribution in [0.1, 0.15) is 12.1 Å². The van der Waals surface area contributed by atoms with Crippen LogP contribution in [0.3, 0.4) is 0 Å². The van der Waals surface area contributed by atoms with Gasteiger partial charge in [0.2, 0.25) is 0 Å². The lowest BCUT2D eigenvalue weighted by Gasteiger charge is -2.11. The summed E-state index contributed by atoms with van der Waals surface area (Å²) >= 11 is 0. The van der Waals surface area contributed by atoms with Crippen LogP contribution in [0.2, 0.25) is 0 Å². The van der Waals surface area contributed by atoms with Gasteiger partial charge in [0.05, 0.1) is 12.4 Å². The molecule has 5 heteroatoms. The first kappa shape index (κ1) is 10.8. The van der Waals surface area contributed by atoms with Gasteiger partial charge in [0.15, 0.2) is 5.69 Å². The number of nitrogens with zero attached hydrogens (tertiary/aromatic N) is 4. The first-order valence-electron chi connectivity index (χ1n) is 5.42. The summed E-state index contributed by atoms with van der Waals surface area (Å²) < 4.78 is 0. The minimum Gasteiger partial charge on any atom is -0.368 e. The van der Waals surface area contributed by atoms with Crippen molar-refractivity contribution in [2.24, 2.45) is 5.92 Å². The first-order valence-corrected chi connectivity index (χ1v) is 5.42. The first-order chi connectivity index (χ1) is 7.78. The standard InChI is InChI=1S/C11H15N5/c1-16-3-2-9(8-16)5-14-11-7-13-10(4-12)6-15-11/h6-7,9H,2-3,5,8H2,1H3,(H,14,15). The predicted molar refractivity (Wildman–Crippen MR) is 60.8 cm³/mol. The smallest absolute Gasteiger partial charge is 0.158 e.